The maximum absolute atomic E-state index is 13.5. The van der Waals surface area contributed by atoms with E-state index in [2.05, 4.69) is 0 Å². The van der Waals surface area contributed by atoms with Crippen molar-refractivity contribution >= 4 is 0 Å². The lowest BCUT2D eigenvalue weighted by atomic mass is 9.90. The second-order valence-electron chi connectivity index (χ2n) is 4.14. The minimum Gasteiger partial charge on any atom is -0.472 e. The van der Waals surface area contributed by atoms with Gasteiger partial charge in [-0.25, -0.2) is 4.39 Å². The molecule has 82 valence electrons. The molecule has 1 heterocycles. The highest BCUT2D eigenvalue weighted by Crippen LogP contribution is 2.42. The van der Waals surface area contributed by atoms with Crippen LogP contribution in [0.25, 0.3) is 0 Å². The first-order valence-electron chi connectivity index (χ1n) is 5.25. The molecule has 16 heavy (non-hydrogen) atoms. The Morgan fingerprint density at radius 2 is 2.19 bits per heavy atom. The molecule has 0 fully saturated rings. The van der Waals surface area contributed by atoms with Crippen LogP contribution in [0.4, 0.5) is 4.39 Å². The van der Waals surface area contributed by atoms with Crippen LogP contribution < -0.4 is 0 Å². The smallest absolute Gasteiger partial charge is 0.126 e. The zero-order valence-corrected chi connectivity index (χ0v) is 8.61. The maximum atomic E-state index is 13.5. The van der Waals surface area contributed by atoms with Gasteiger partial charge in [-0.15, -0.1) is 0 Å². The highest BCUT2D eigenvalue weighted by Gasteiger charge is 2.40. The molecule has 3 rings (SSSR count). The van der Waals surface area contributed by atoms with Gasteiger partial charge in [-0.2, -0.15) is 0 Å². The number of hydrogen-bond acceptors (Lipinski definition) is 2. The summed E-state index contributed by atoms with van der Waals surface area (Å²) in [4.78, 5) is 0. The van der Waals surface area contributed by atoms with Crippen LogP contribution in [0.3, 0.4) is 0 Å². The molecule has 1 aliphatic carbocycles. The van der Waals surface area contributed by atoms with Crippen molar-refractivity contribution in [2.45, 2.75) is 18.4 Å². The van der Waals surface area contributed by atoms with Crippen molar-refractivity contribution in [1.82, 2.24) is 0 Å². The molecule has 1 N–H and O–H groups in total. The van der Waals surface area contributed by atoms with Crippen LogP contribution in [0.1, 0.15) is 23.1 Å². The van der Waals surface area contributed by atoms with E-state index in [9.17, 15) is 9.50 Å². The Hall–Kier alpha value is -1.61. The first-order chi connectivity index (χ1) is 7.72. The number of furan rings is 1. The van der Waals surface area contributed by atoms with E-state index in [-0.39, 0.29) is 5.82 Å². The molecule has 1 aromatic carbocycles. The maximum Gasteiger partial charge on any atom is 0.126 e. The third-order valence-corrected chi connectivity index (χ3v) is 3.30. The summed E-state index contributed by atoms with van der Waals surface area (Å²) < 4.78 is 18.5. The van der Waals surface area contributed by atoms with Crippen molar-refractivity contribution in [2.24, 2.45) is 0 Å². The zero-order chi connectivity index (χ0) is 11.2. The molecule has 0 aliphatic heterocycles. The predicted molar refractivity (Wildman–Crippen MR) is 56.4 cm³/mol. The van der Waals surface area contributed by atoms with Gasteiger partial charge in [-0.1, -0.05) is 12.1 Å². The van der Waals surface area contributed by atoms with Crippen LogP contribution in [-0.4, -0.2) is 5.11 Å². The zero-order valence-electron chi connectivity index (χ0n) is 8.61. The van der Waals surface area contributed by atoms with Crippen LogP contribution >= 0.6 is 0 Å². The van der Waals surface area contributed by atoms with Gasteiger partial charge >= 0.3 is 0 Å². The summed E-state index contributed by atoms with van der Waals surface area (Å²) in [6.45, 7) is 0. The summed E-state index contributed by atoms with van der Waals surface area (Å²) in [6, 6.07) is 6.56. The van der Waals surface area contributed by atoms with Crippen molar-refractivity contribution in [2.75, 3.05) is 0 Å². The quantitative estimate of drug-likeness (QED) is 0.798. The van der Waals surface area contributed by atoms with E-state index in [1.165, 1.54) is 18.6 Å². The number of fused-ring (bicyclic) bond motifs is 1. The summed E-state index contributed by atoms with van der Waals surface area (Å²) in [6.07, 6.45) is 4.09. The van der Waals surface area contributed by atoms with Crippen LogP contribution in [0.5, 0.6) is 0 Å². The Kier molecular flexibility index (Phi) is 1.91. The van der Waals surface area contributed by atoms with Crippen molar-refractivity contribution < 1.29 is 13.9 Å². The van der Waals surface area contributed by atoms with E-state index in [0.29, 0.717) is 29.5 Å². The molecular weight excluding hydrogens is 207 g/mol. The SMILES string of the molecule is OC1(c2ccoc2)CCc2c(F)cccc21. The van der Waals surface area contributed by atoms with Gasteiger partial charge in [0.15, 0.2) is 0 Å². The molecule has 0 bridgehead atoms. The van der Waals surface area contributed by atoms with Crippen LogP contribution in [0, 0.1) is 5.82 Å². The van der Waals surface area contributed by atoms with Crippen LogP contribution in [0.15, 0.2) is 41.2 Å². The van der Waals surface area contributed by atoms with Gasteiger partial charge in [-0.3, -0.25) is 0 Å². The Labute approximate surface area is 92.3 Å². The number of benzene rings is 1. The predicted octanol–water partition coefficient (Wildman–Crippen LogP) is 2.60. The normalized spacial score (nSPS) is 23.4. The third-order valence-electron chi connectivity index (χ3n) is 3.30. The number of aliphatic hydroxyl groups is 1. The van der Waals surface area contributed by atoms with Crippen molar-refractivity contribution in [3.05, 3.63) is 59.3 Å². The average Bonchev–Trinajstić information content (AvgIpc) is 2.88. The monoisotopic (exact) mass is 218 g/mol. The molecule has 2 aromatic rings. The van der Waals surface area contributed by atoms with E-state index < -0.39 is 5.60 Å². The van der Waals surface area contributed by atoms with E-state index in [1.807, 2.05) is 0 Å². The lowest BCUT2D eigenvalue weighted by molar-refractivity contribution is 0.0822. The van der Waals surface area contributed by atoms with Crippen molar-refractivity contribution in [3.8, 4) is 0 Å². The summed E-state index contributed by atoms with van der Waals surface area (Å²) in [5.74, 6) is -0.239. The number of rotatable bonds is 1. The molecule has 1 atom stereocenters. The Balaban J connectivity index is 2.19. The Morgan fingerprint density at radius 3 is 2.94 bits per heavy atom. The fraction of sp³-hybridized carbons (Fsp3) is 0.231. The molecule has 0 radical (unpaired) electrons. The standard InChI is InChI=1S/C13H11FO2/c14-12-3-1-2-11-10(12)4-6-13(11,15)9-5-7-16-8-9/h1-3,5,7-8,15H,4,6H2. The Bertz CT molecular complexity index is 519. The first kappa shape index (κ1) is 9.60. The lowest BCUT2D eigenvalue weighted by Crippen LogP contribution is -2.23. The highest BCUT2D eigenvalue weighted by molar-refractivity contribution is 5.44. The first-order valence-corrected chi connectivity index (χ1v) is 5.25. The van der Waals surface area contributed by atoms with Crippen LogP contribution in [-0.2, 0) is 12.0 Å². The molecule has 2 nitrogen and oxygen atoms in total. The fourth-order valence-electron chi connectivity index (χ4n) is 2.44. The molecule has 1 aliphatic rings. The number of hydrogen-bond donors (Lipinski definition) is 1. The van der Waals surface area contributed by atoms with E-state index in [0.717, 1.165) is 0 Å². The van der Waals surface area contributed by atoms with Crippen molar-refractivity contribution in [3.63, 3.8) is 0 Å². The highest BCUT2D eigenvalue weighted by atomic mass is 19.1. The lowest BCUT2D eigenvalue weighted by Gasteiger charge is -2.22. The Morgan fingerprint density at radius 1 is 1.31 bits per heavy atom. The summed E-state index contributed by atoms with van der Waals surface area (Å²) in [5.41, 5.74) is 0.877. The van der Waals surface area contributed by atoms with Gasteiger partial charge in [0.25, 0.3) is 0 Å². The summed E-state index contributed by atoms with van der Waals surface area (Å²) >= 11 is 0. The molecule has 1 unspecified atom stereocenters. The summed E-state index contributed by atoms with van der Waals surface area (Å²) in [7, 11) is 0. The van der Waals surface area contributed by atoms with E-state index >= 15 is 0 Å². The second-order valence-corrected chi connectivity index (χ2v) is 4.14. The minimum absolute atomic E-state index is 0.239. The van der Waals surface area contributed by atoms with Gasteiger partial charge in [0.1, 0.15) is 11.4 Å². The molecular formula is C13H11FO2. The molecule has 3 heteroatoms. The molecule has 0 spiro atoms. The van der Waals surface area contributed by atoms with E-state index in [4.69, 9.17) is 4.42 Å². The van der Waals surface area contributed by atoms with Gasteiger partial charge in [0.05, 0.1) is 12.5 Å². The van der Waals surface area contributed by atoms with Crippen LogP contribution in [0.2, 0.25) is 0 Å². The fourth-order valence-corrected chi connectivity index (χ4v) is 2.44. The number of halogens is 1. The van der Waals surface area contributed by atoms with Gasteiger partial charge in [0, 0.05) is 5.56 Å². The molecule has 0 saturated carbocycles. The minimum atomic E-state index is -1.09. The topological polar surface area (TPSA) is 33.4 Å². The molecule has 0 amide bonds. The molecule has 0 saturated heterocycles. The second kappa shape index (κ2) is 3.19. The molecule has 1 aromatic heterocycles. The van der Waals surface area contributed by atoms with Gasteiger partial charge in [-0.05, 0) is 36.1 Å². The van der Waals surface area contributed by atoms with Gasteiger partial charge in [0.2, 0.25) is 0 Å². The third kappa shape index (κ3) is 1.15. The van der Waals surface area contributed by atoms with Crippen molar-refractivity contribution in [1.29, 1.82) is 0 Å². The largest absolute Gasteiger partial charge is 0.472 e. The summed E-state index contributed by atoms with van der Waals surface area (Å²) in [5, 5.41) is 10.6. The average molecular weight is 218 g/mol. The van der Waals surface area contributed by atoms with Gasteiger partial charge < -0.3 is 9.52 Å². The van der Waals surface area contributed by atoms with E-state index in [1.54, 1.807) is 18.2 Å².